The van der Waals surface area contributed by atoms with Crippen LogP contribution in [0.4, 0.5) is 0 Å². The van der Waals surface area contributed by atoms with Crippen LogP contribution in [0.15, 0.2) is 0 Å². The molecule has 2 unspecified atom stereocenters. The molecule has 2 rings (SSSR count). The van der Waals surface area contributed by atoms with E-state index in [1.54, 1.807) is 0 Å². The van der Waals surface area contributed by atoms with Gasteiger partial charge in [-0.2, -0.15) is 11.8 Å². The van der Waals surface area contributed by atoms with Crippen molar-refractivity contribution in [3.05, 3.63) is 0 Å². The molecule has 2 amide bonds. The summed E-state index contributed by atoms with van der Waals surface area (Å²) in [6, 6.07) is -0.174. The predicted octanol–water partition coefficient (Wildman–Crippen LogP) is 1.81. The van der Waals surface area contributed by atoms with Crippen LogP contribution in [0.5, 0.6) is 0 Å². The molecule has 1 saturated heterocycles. The highest BCUT2D eigenvalue weighted by atomic mass is 32.2. The quantitative estimate of drug-likeness (QED) is 0.555. The Labute approximate surface area is 106 Å². The van der Waals surface area contributed by atoms with Crippen molar-refractivity contribution >= 4 is 23.6 Å². The van der Waals surface area contributed by atoms with Gasteiger partial charge in [-0.05, 0) is 19.1 Å². The monoisotopic (exact) mass is 251 g/mol. The molecule has 1 heterocycles. The van der Waals surface area contributed by atoms with Crippen molar-refractivity contribution in [2.45, 2.75) is 49.8 Å². The van der Waals surface area contributed by atoms with E-state index in [0.29, 0.717) is 6.42 Å². The van der Waals surface area contributed by atoms with Gasteiger partial charge in [0.1, 0.15) is 6.04 Å². The number of carbonyl (C=O) groups excluding carboxylic acids is 2. The Kier molecular flexibility index (Phi) is 4.11. The predicted molar refractivity (Wildman–Crippen MR) is 68.4 cm³/mol. The highest BCUT2D eigenvalue weighted by Gasteiger charge is 2.41. The van der Waals surface area contributed by atoms with Crippen LogP contribution in [0, 0.1) is 11.8 Å². The van der Waals surface area contributed by atoms with E-state index in [4.69, 9.17) is 0 Å². The molecule has 2 aliphatic rings. The molecule has 17 heavy (non-hydrogen) atoms. The molecule has 0 aromatic carbocycles. The average Bonchev–Trinajstić information content (AvgIpc) is 2.55. The standard InChI is InChI=1S/C13H17NO2S/c1-17-11-9-12(15)14(13(11)16)10-7-5-3-2-4-6-8-10/h10-11H,2-5,7,9H2,1H3. The Balaban J connectivity index is 2.14. The third kappa shape index (κ3) is 2.66. The molecule has 2 atom stereocenters. The average molecular weight is 251 g/mol. The molecule has 0 aromatic heterocycles. The van der Waals surface area contributed by atoms with Crippen molar-refractivity contribution in [1.29, 1.82) is 0 Å². The Morgan fingerprint density at radius 2 is 2.12 bits per heavy atom. The van der Waals surface area contributed by atoms with Crippen LogP contribution >= 0.6 is 11.8 Å². The second kappa shape index (κ2) is 5.59. The third-order valence-corrected chi connectivity index (χ3v) is 4.22. The maximum absolute atomic E-state index is 12.1. The first-order chi connectivity index (χ1) is 8.24. The van der Waals surface area contributed by atoms with Crippen LogP contribution in [0.3, 0.4) is 0 Å². The van der Waals surface area contributed by atoms with Gasteiger partial charge in [-0.1, -0.05) is 18.8 Å². The summed E-state index contributed by atoms with van der Waals surface area (Å²) < 4.78 is 0. The molecule has 92 valence electrons. The number of hydrogen-bond acceptors (Lipinski definition) is 3. The van der Waals surface area contributed by atoms with Gasteiger partial charge in [-0.25, -0.2) is 0 Å². The molecule has 0 spiro atoms. The minimum absolute atomic E-state index is 0.0395. The van der Waals surface area contributed by atoms with Crippen molar-refractivity contribution in [1.82, 2.24) is 4.90 Å². The number of thioether (sulfide) groups is 1. The summed E-state index contributed by atoms with van der Waals surface area (Å²) in [6.45, 7) is 0. The number of imide groups is 1. The maximum Gasteiger partial charge on any atom is 0.243 e. The Morgan fingerprint density at radius 1 is 1.29 bits per heavy atom. The minimum Gasteiger partial charge on any atom is -0.274 e. The summed E-state index contributed by atoms with van der Waals surface area (Å²) in [4.78, 5) is 25.4. The molecule has 4 heteroatoms. The fourth-order valence-corrected chi connectivity index (χ4v) is 2.94. The number of rotatable bonds is 2. The lowest BCUT2D eigenvalue weighted by Gasteiger charge is -2.22. The molecule has 0 radical (unpaired) electrons. The van der Waals surface area contributed by atoms with Gasteiger partial charge in [0.25, 0.3) is 0 Å². The molecule has 0 aromatic rings. The summed E-state index contributed by atoms with van der Waals surface area (Å²) in [5.74, 6) is 6.09. The number of hydrogen-bond donors (Lipinski definition) is 0. The number of amides is 2. The van der Waals surface area contributed by atoms with E-state index in [2.05, 4.69) is 11.8 Å². The van der Waals surface area contributed by atoms with Crippen molar-refractivity contribution in [2.75, 3.05) is 6.26 Å². The molecule has 3 nitrogen and oxygen atoms in total. The zero-order chi connectivity index (χ0) is 12.3. The summed E-state index contributed by atoms with van der Waals surface area (Å²) in [7, 11) is 0. The van der Waals surface area contributed by atoms with Gasteiger partial charge in [0.15, 0.2) is 0 Å². The fourth-order valence-electron chi connectivity index (χ4n) is 2.32. The largest absolute Gasteiger partial charge is 0.274 e. The number of carbonyl (C=O) groups is 2. The van der Waals surface area contributed by atoms with Crippen molar-refractivity contribution in [3.8, 4) is 11.8 Å². The Bertz CT molecular complexity index is 383. The van der Waals surface area contributed by atoms with E-state index in [0.717, 1.165) is 32.1 Å². The molecular weight excluding hydrogens is 234 g/mol. The fraction of sp³-hybridized carbons (Fsp3) is 0.692. The number of likely N-dealkylation sites (tertiary alicyclic amines) is 1. The van der Waals surface area contributed by atoms with Crippen LogP contribution in [0.2, 0.25) is 0 Å². The Morgan fingerprint density at radius 3 is 2.82 bits per heavy atom. The Hall–Kier alpha value is -0.950. The van der Waals surface area contributed by atoms with Crippen molar-refractivity contribution < 1.29 is 9.59 Å². The molecule has 1 aliphatic carbocycles. The van der Waals surface area contributed by atoms with Gasteiger partial charge >= 0.3 is 0 Å². The molecular formula is C13H17NO2S. The first-order valence-electron chi connectivity index (χ1n) is 6.11. The second-order valence-corrected chi connectivity index (χ2v) is 5.51. The highest BCUT2D eigenvalue weighted by Crippen LogP contribution is 2.26. The molecule has 0 N–H and O–H groups in total. The number of nitrogens with zero attached hydrogens (tertiary/aromatic N) is 1. The smallest absolute Gasteiger partial charge is 0.243 e. The van der Waals surface area contributed by atoms with E-state index >= 15 is 0 Å². The van der Waals surface area contributed by atoms with Gasteiger partial charge in [0, 0.05) is 12.8 Å². The van der Waals surface area contributed by atoms with Crippen LogP contribution in [0.25, 0.3) is 0 Å². The SMILES string of the molecule is CSC1CC(=O)N(C2C#CCCCCC2)C1=O. The molecule has 1 fully saturated rings. The van der Waals surface area contributed by atoms with Gasteiger partial charge in [0.05, 0.1) is 5.25 Å². The topological polar surface area (TPSA) is 37.4 Å². The first kappa shape index (κ1) is 12.5. The van der Waals surface area contributed by atoms with Crippen LogP contribution in [0.1, 0.15) is 38.5 Å². The third-order valence-electron chi connectivity index (χ3n) is 3.29. The van der Waals surface area contributed by atoms with E-state index in [1.165, 1.54) is 16.7 Å². The summed E-state index contributed by atoms with van der Waals surface area (Å²) in [6.07, 6.45) is 7.29. The van der Waals surface area contributed by atoms with Crippen molar-refractivity contribution in [2.24, 2.45) is 0 Å². The van der Waals surface area contributed by atoms with Gasteiger partial charge in [-0.3, -0.25) is 14.5 Å². The zero-order valence-corrected chi connectivity index (χ0v) is 10.9. The normalized spacial score (nSPS) is 29.6. The first-order valence-corrected chi connectivity index (χ1v) is 7.40. The minimum atomic E-state index is -0.185. The lowest BCUT2D eigenvalue weighted by atomic mass is 10.0. The van der Waals surface area contributed by atoms with Crippen LogP contribution < -0.4 is 0 Å². The van der Waals surface area contributed by atoms with Gasteiger partial charge in [-0.15, -0.1) is 5.92 Å². The van der Waals surface area contributed by atoms with Crippen LogP contribution in [-0.4, -0.2) is 34.3 Å². The molecule has 0 bridgehead atoms. The van der Waals surface area contributed by atoms with Crippen molar-refractivity contribution in [3.63, 3.8) is 0 Å². The highest BCUT2D eigenvalue weighted by molar-refractivity contribution is 8.00. The van der Waals surface area contributed by atoms with E-state index in [-0.39, 0.29) is 23.1 Å². The van der Waals surface area contributed by atoms with Gasteiger partial charge < -0.3 is 0 Å². The summed E-state index contributed by atoms with van der Waals surface area (Å²) >= 11 is 1.46. The second-order valence-electron chi connectivity index (χ2n) is 4.47. The maximum atomic E-state index is 12.1. The van der Waals surface area contributed by atoms with E-state index in [9.17, 15) is 9.59 Å². The van der Waals surface area contributed by atoms with Gasteiger partial charge in [0.2, 0.25) is 11.8 Å². The lowest BCUT2D eigenvalue weighted by Crippen LogP contribution is -2.40. The molecule has 0 saturated carbocycles. The van der Waals surface area contributed by atoms with E-state index in [1.807, 2.05) is 6.26 Å². The zero-order valence-electron chi connectivity index (χ0n) is 10.1. The van der Waals surface area contributed by atoms with E-state index < -0.39 is 0 Å². The van der Waals surface area contributed by atoms with Crippen LogP contribution in [-0.2, 0) is 9.59 Å². The lowest BCUT2D eigenvalue weighted by molar-refractivity contribution is -0.139. The summed E-state index contributed by atoms with van der Waals surface area (Å²) in [5.41, 5.74) is 0. The summed E-state index contributed by atoms with van der Waals surface area (Å²) in [5, 5.41) is -0.185. The molecule has 1 aliphatic heterocycles.